The highest BCUT2D eigenvalue weighted by Gasteiger charge is 2.33. The third-order valence-corrected chi connectivity index (χ3v) is 5.29. The van der Waals surface area contributed by atoms with E-state index in [-0.39, 0.29) is 29.4 Å². The van der Waals surface area contributed by atoms with Gasteiger partial charge in [-0.3, -0.25) is 15.0 Å². The fourth-order valence-electron chi connectivity index (χ4n) is 3.72. The summed E-state index contributed by atoms with van der Waals surface area (Å²) in [5, 5.41) is 11.4. The summed E-state index contributed by atoms with van der Waals surface area (Å²) >= 11 is 0. The third kappa shape index (κ3) is 5.84. The number of rotatable bonds is 6. The number of piperazine rings is 1. The standard InChI is InChI=1S/C23H31N5O6/c1-15-12-25-21(24)19(28(30)31)20(15)33-18-8-6-16(7-9-18)26-10-11-27(17(13-26)14-32-5)22(29)34-23(2,3)4/h6-9,12,17H,10-11,13-14H2,1-5H3,(H2,24,25)/t17-/m1/s1. The number of nitrogen functional groups attached to an aromatic ring is 1. The van der Waals surface area contributed by atoms with Crippen LogP contribution in [0.15, 0.2) is 30.5 Å². The Balaban J connectivity index is 1.74. The molecular formula is C23H31N5O6. The number of carbonyl (C=O) groups excluding carboxylic acids is 1. The van der Waals surface area contributed by atoms with Crippen LogP contribution in [0.2, 0.25) is 0 Å². The summed E-state index contributed by atoms with van der Waals surface area (Å²) in [7, 11) is 1.60. The van der Waals surface area contributed by atoms with Crippen LogP contribution in [0.1, 0.15) is 26.3 Å². The van der Waals surface area contributed by atoms with E-state index in [1.165, 1.54) is 6.20 Å². The Hall–Kier alpha value is -3.60. The van der Waals surface area contributed by atoms with Crippen LogP contribution in [0, 0.1) is 17.0 Å². The second kappa shape index (κ2) is 10.1. The van der Waals surface area contributed by atoms with Crippen LogP contribution in [0.3, 0.4) is 0 Å². The number of aromatic nitrogens is 1. The zero-order valence-corrected chi connectivity index (χ0v) is 20.1. The molecule has 1 aromatic carbocycles. The van der Waals surface area contributed by atoms with E-state index in [1.54, 1.807) is 31.1 Å². The predicted octanol–water partition coefficient (Wildman–Crippen LogP) is 3.74. The number of nitrogens with two attached hydrogens (primary N) is 1. The first-order valence-corrected chi connectivity index (χ1v) is 10.9. The highest BCUT2D eigenvalue weighted by molar-refractivity contribution is 5.69. The van der Waals surface area contributed by atoms with Gasteiger partial charge in [0.1, 0.15) is 11.4 Å². The first-order chi connectivity index (χ1) is 16.0. The van der Waals surface area contributed by atoms with E-state index < -0.39 is 10.5 Å². The van der Waals surface area contributed by atoms with Crippen molar-refractivity contribution in [2.45, 2.75) is 39.3 Å². The van der Waals surface area contributed by atoms with Crippen molar-refractivity contribution >= 4 is 23.3 Å². The maximum absolute atomic E-state index is 12.6. The van der Waals surface area contributed by atoms with E-state index in [0.717, 1.165) is 5.69 Å². The van der Waals surface area contributed by atoms with E-state index in [9.17, 15) is 14.9 Å². The summed E-state index contributed by atoms with van der Waals surface area (Å²) in [6.45, 7) is 9.24. The quantitative estimate of drug-likeness (QED) is 0.492. The molecule has 0 aliphatic carbocycles. The SMILES string of the molecule is COC[C@H]1CN(c2ccc(Oc3c(C)cnc(N)c3[N+](=O)[O-])cc2)CCN1C(=O)OC(C)(C)C. The van der Waals surface area contributed by atoms with Crippen LogP contribution in [-0.2, 0) is 9.47 Å². The number of benzene rings is 1. The van der Waals surface area contributed by atoms with Crippen LogP contribution in [-0.4, -0.2) is 65.9 Å². The lowest BCUT2D eigenvalue weighted by Gasteiger charge is -2.42. The Kier molecular flexibility index (Phi) is 7.45. The summed E-state index contributed by atoms with van der Waals surface area (Å²) in [5.41, 5.74) is 6.19. The van der Waals surface area contributed by atoms with E-state index in [4.69, 9.17) is 19.9 Å². The molecule has 0 unspecified atom stereocenters. The summed E-state index contributed by atoms with van der Waals surface area (Å²) in [6.07, 6.45) is 1.08. The number of nitro groups is 1. The number of aryl methyl sites for hydroxylation is 1. The van der Waals surface area contributed by atoms with Crippen molar-refractivity contribution in [3.05, 3.63) is 46.1 Å². The molecule has 0 saturated carbocycles. The highest BCUT2D eigenvalue weighted by atomic mass is 16.6. The Morgan fingerprint density at radius 1 is 1.26 bits per heavy atom. The number of hydrogen-bond donors (Lipinski definition) is 1. The monoisotopic (exact) mass is 473 g/mol. The Morgan fingerprint density at radius 3 is 2.53 bits per heavy atom. The van der Waals surface area contributed by atoms with Crippen LogP contribution in [0.5, 0.6) is 11.5 Å². The fourth-order valence-corrected chi connectivity index (χ4v) is 3.72. The second-order valence-electron chi connectivity index (χ2n) is 9.09. The average Bonchev–Trinajstić information content (AvgIpc) is 2.75. The molecule has 3 rings (SSSR count). The van der Waals surface area contributed by atoms with E-state index in [2.05, 4.69) is 9.88 Å². The van der Waals surface area contributed by atoms with Crippen molar-refractivity contribution in [2.24, 2.45) is 0 Å². The number of carbonyl (C=O) groups is 1. The lowest BCUT2D eigenvalue weighted by Crippen LogP contribution is -2.57. The first kappa shape index (κ1) is 25.0. The minimum atomic E-state index is -0.598. The first-order valence-electron chi connectivity index (χ1n) is 10.9. The third-order valence-electron chi connectivity index (χ3n) is 5.29. The zero-order valence-electron chi connectivity index (χ0n) is 20.1. The molecule has 184 valence electrons. The van der Waals surface area contributed by atoms with Crippen molar-refractivity contribution in [2.75, 3.05) is 44.0 Å². The lowest BCUT2D eigenvalue weighted by molar-refractivity contribution is -0.385. The van der Waals surface area contributed by atoms with E-state index in [1.807, 2.05) is 32.9 Å². The summed E-state index contributed by atoms with van der Waals surface area (Å²) in [6, 6.07) is 7.04. The Bertz CT molecular complexity index is 1040. The fraction of sp³-hybridized carbons (Fsp3) is 0.478. The van der Waals surface area contributed by atoms with Gasteiger partial charge in [0.2, 0.25) is 11.6 Å². The summed E-state index contributed by atoms with van der Waals surface area (Å²) in [5.74, 6) is 0.298. The van der Waals surface area contributed by atoms with Gasteiger partial charge < -0.3 is 24.8 Å². The van der Waals surface area contributed by atoms with Crippen molar-refractivity contribution in [3.8, 4) is 11.5 Å². The molecule has 1 amide bonds. The molecule has 0 spiro atoms. The largest absolute Gasteiger partial charge is 0.450 e. The van der Waals surface area contributed by atoms with Gasteiger partial charge in [-0.2, -0.15) is 0 Å². The molecule has 2 N–H and O–H groups in total. The average molecular weight is 474 g/mol. The maximum Gasteiger partial charge on any atom is 0.410 e. The van der Waals surface area contributed by atoms with Gasteiger partial charge in [-0.25, -0.2) is 9.78 Å². The molecule has 11 nitrogen and oxygen atoms in total. The molecule has 2 heterocycles. The van der Waals surface area contributed by atoms with E-state index in [0.29, 0.717) is 37.6 Å². The second-order valence-corrected chi connectivity index (χ2v) is 9.09. The molecule has 1 saturated heterocycles. The van der Waals surface area contributed by atoms with Crippen molar-refractivity contribution in [3.63, 3.8) is 0 Å². The molecule has 0 radical (unpaired) electrons. The Morgan fingerprint density at radius 2 is 1.94 bits per heavy atom. The molecule has 1 fully saturated rings. The zero-order chi connectivity index (χ0) is 25.0. The van der Waals surface area contributed by atoms with Crippen molar-refractivity contribution in [1.82, 2.24) is 9.88 Å². The summed E-state index contributed by atoms with van der Waals surface area (Å²) in [4.78, 5) is 31.2. The molecule has 34 heavy (non-hydrogen) atoms. The van der Waals surface area contributed by atoms with Gasteiger partial charge in [0.05, 0.1) is 17.6 Å². The molecule has 1 atom stereocenters. The maximum atomic E-state index is 12.6. The van der Waals surface area contributed by atoms with Gasteiger partial charge in [-0.05, 0) is 52.0 Å². The van der Waals surface area contributed by atoms with Crippen LogP contribution >= 0.6 is 0 Å². The number of amides is 1. The highest BCUT2D eigenvalue weighted by Crippen LogP contribution is 2.38. The topological polar surface area (TPSA) is 133 Å². The Labute approximate surface area is 198 Å². The van der Waals surface area contributed by atoms with E-state index >= 15 is 0 Å². The lowest BCUT2D eigenvalue weighted by atomic mass is 10.1. The molecular weight excluding hydrogens is 442 g/mol. The van der Waals surface area contributed by atoms with Crippen LogP contribution < -0.4 is 15.4 Å². The van der Waals surface area contributed by atoms with Gasteiger partial charge in [0.15, 0.2) is 0 Å². The smallest absolute Gasteiger partial charge is 0.410 e. The number of hydrogen-bond acceptors (Lipinski definition) is 9. The van der Waals surface area contributed by atoms with Gasteiger partial charge >= 0.3 is 11.8 Å². The molecule has 1 aliphatic heterocycles. The van der Waals surface area contributed by atoms with Gasteiger partial charge in [-0.1, -0.05) is 0 Å². The van der Waals surface area contributed by atoms with Crippen molar-refractivity contribution in [1.29, 1.82) is 0 Å². The minimum absolute atomic E-state index is 0.0661. The predicted molar refractivity (Wildman–Crippen MR) is 127 cm³/mol. The number of ether oxygens (including phenoxy) is 3. The number of nitrogens with zero attached hydrogens (tertiary/aromatic N) is 4. The molecule has 1 aromatic heterocycles. The minimum Gasteiger partial charge on any atom is -0.450 e. The van der Waals surface area contributed by atoms with Gasteiger partial charge in [0.25, 0.3) is 0 Å². The number of methoxy groups -OCH3 is 1. The molecule has 0 bridgehead atoms. The van der Waals surface area contributed by atoms with Gasteiger partial charge in [-0.15, -0.1) is 0 Å². The normalized spacial score (nSPS) is 16.3. The van der Waals surface area contributed by atoms with Crippen LogP contribution in [0.25, 0.3) is 0 Å². The molecule has 2 aromatic rings. The number of anilines is 2. The number of pyridine rings is 1. The molecule has 1 aliphatic rings. The van der Waals surface area contributed by atoms with Crippen molar-refractivity contribution < 1.29 is 23.9 Å². The molecule has 11 heteroatoms. The summed E-state index contributed by atoms with van der Waals surface area (Å²) < 4.78 is 16.7. The van der Waals surface area contributed by atoms with Gasteiger partial charge in [0, 0.05) is 44.2 Å². The van der Waals surface area contributed by atoms with Crippen LogP contribution in [0.4, 0.5) is 22.0 Å².